The van der Waals surface area contributed by atoms with Crippen LogP contribution in [0.15, 0.2) is 27.7 Å². The van der Waals surface area contributed by atoms with Gasteiger partial charge >= 0.3 is 0 Å². The van der Waals surface area contributed by atoms with E-state index in [1.807, 2.05) is 13.0 Å². The van der Waals surface area contributed by atoms with Crippen LogP contribution >= 0.6 is 0 Å². The van der Waals surface area contributed by atoms with Crippen molar-refractivity contribution in [1.82, 2.24) is 0 Å². The minimum Gasteiger partial charge on any atom is -0.506 e. The Hall–Kier alpha value is -2.10. The van der Waals surface area contributed by atoms with Crippen LogP contribution in [-0.4, -0.2) is 24.6 Å². The highest BCUT2D eigenvalue weighted by atomic mass is 16.3. The van der Waals surface area contributed by atoms with Crippen LogP contribution in [-0.2, 0) is 6.42 Å². The first-order chi connectivity index (χ1) is 9.33. The summed E-state index contributed by atoms with van der Waals surface area (Å²) in [7, 11) is 1.78. The molecule has 0 saturated carbocycles. The van der Waals surface area contributed by atoms with Gasteiger partial charge in [0.1, 0.15) is 5.75 Å². The van der Waals surface area contributed by atoms with Gasteiger partial charge in [0, 0.05) is 23.9 Å². The summed E-state index contributed by atoms with van der Waals surface area (Å²) < 4.78 is 0. The van der Waals surface area contributed by atoms with E-state index in [2.05, 4.69) is 30.5 Å². The van der Waals surface area contributed by atoms with Crippen LogP contribution in [0.2, 0.25) is 0 Å². The van der Waals surface area contributed by atoms with Crippen molar-refractivity contribution in [2.24, 2.45) is 15.4 Å². The maximum absolute atomic E-state index is 9.81. The number of anilines is 1. The Labute approximate surface area is 119 Å². The van der Waals surface area contributed by atoms with Crippen molar-refractivity contribution in [3.05, 3.63) is 28.8 Å². The smallest absolute Gasteiger partial charge is 0.138 e. The molecule has 0 heterocycles. The molecule has 0 atom stereocenters. The number of benzene rings is 1. The first-order valence-electron chi connectivity index (χ1n) is 6.59. The lowest BCUT2D eigenvalue weighted by Crippen LogP contribution is -2.28. The van der Waals surface area contributed by atoms with Crippen molar-refractivity contribution in [3.63, 3.8) is 0 Å². The lowest BCUT2D eigenvalue weighted by molar-refractivity contribution is 0.450. The number of hydrogen-bond donors (Lipinski definition) is 2. The van der Waals surface area contributed by atoms with Crippen LogP contribution in [0.3, 0.4) is 0 Å². The molecule has 0 spiro atoms. The van der Waals surface area contributed by atoms with Crippen molar-refractivity contribution in [2.45, 2.75) is 27.2 Å². The number of nitrogen functional groups attached to an aromatic ring is 1. The second-order valence-electron chi connectivity index (χ2n) is 5.78. The van der Waals surface area contributed by atoms with Gasteiger partial charge < -0.3 is 10.8 Å². The average molecular weight is 271 g/mol. The molecular formula is C16H21N3O. The topological polar surface area (TPSA) is 71.0 Å². The Morgan fingerprint density at radius 2 is 2.05 bits per heavy atom. The highest BCUT2D eigenvalue weighted by Crippen LogP contribution is 2.46. The Morgan fingerprint density at radius 3 is 2.60 bits per heavy atom. The van der Waals surface area contributed by atoms with Crippen LogP contribution in [0.1, 0.15) is 31.9 Å². The monoisotopic (exact) mass is 271 g/mol. The Morgan fingerprint density at radius 1 is 1.40 bits per heavy atom. The number of hydrogen-bond acceptors (Lipinski definition) is 4. The molecule has 20 heavy (non-hydrogen) atoms. The first kappa shape index (κ1) is 14.3. The summed E-state index contributed by atoms with van der Waals surface area (Å²) in [6.45, 7) is 9.95. The summed E-state index contributed by atoms with van der Waals surface area (Å²) in [4.78, 5) is 8.53. The zero-order valence-electron chi connectivity index (χ0n) is 12.5. The molecule has 1 aromatic rings. The largest absolute Gasteiger partial charge is 0.506 e. The molecule has 0 aromatic heterocycles. The van der Waals surface area contributed by atoms with Crippen molar-refractivity contribution in [1.29, 1.82) is 0 Å². The zero-order chi connectivity index (χ0) is 15.1. The van der Waals surface area contributed by atoms with Gasteiger partial charge in [-0.15, -0.1) is 0 Å². The van der Waals surface area contributed by atoms with Gasteiger partial charge in [0.15, 0.2) is 0 Å². The predicted octanol–water partition coefficient (Wildman–Crippen LogP) is 3.06. The molecule has 1 aromatic carbocycles. The molecule has 2 rings (SSSR count). The summed E-state index contributed by atoms with van der Waals surface area (Å²) in [5, 5.41) is 9.81. The first-order valence-corrected chi connectivity index (χ1v) is 6.59. The molecule has 1 aliphatic carbocycles. The van der Waals surface area contributed by atoms with Gasteiger partial charge in [-0.25, -0.2) is 0 Å². The summed E-state index contributed by atoms with van der Waals surface area (Å²) in [6, 6.07) is 3.46. The minimum atomic E-state index is -0.158. The van der Waals surface area contributed by atoms with Crippen LogP contribution in [0.5, 0.6) is 5.75 Å². The third-order valence-electron chi connectivity index (χ3n) is 3.98. The second-order valence-corrected chi connectivity index (χ2v) is 5.78. The molecular weight excluding hydrogens is 250 g/mol. The molecule has 0 fully saturated rings. The van der Waals surface area contributed by atoms with Gasteiger partial charge in [-0.1, -0.05) is 13.8 Å². The van der Waals surface area contributed by atoms with Crippen molar-refractivity contribution in [3.8, 4) is 5.75 Å². The fourth-order valence-electron chi connectivity index (χ4n) is 2.99. The highest BCUT2D eigenvalue weighted by molar-refractivity contribution is 6.07. The SMILES string of the molecule is C=NC1=C(C(C)=NC)C(C)(C)Cc2c1ccc(O)c2N. The standard InChI is InChI=1S/C16H21N3O/c1-9(18-4)13-15(19-5)10-6-7-12(20)14(17)11(10)8-16(13,2)3/h6-7,20H,5,8,17H2,1-4H3. The van der Waals surface area contributed by atoms with E-state index in [1.54, 1.807) is 13.1 Å². The lowest BCUT2D eigenvalue weighted by atomic mass is 9.70. The number of phenols is 1. The van der Waals surface area contributed by atoms with Crippen LogP contribution in [0, 0.1) is 5.41 Å². The van der Waals surface area contributed by atoms with E-state index < -0.39 is 0 Å². The van der Waals surface area contributed by atoms with Gasteiger partial charge in [0.05, 0.1) is 11.4 Å². The zero-order valence-corrected chi connectivity index (χ0v) is 12.5. The maximum Gasteiger partial charge on any atom is 0.138 e. The van der Waals surface area contributed by atoms with E-state index in [4.69, 9.17) is 5.73 Å². The Bertz CT molecular complexity index is 639. The molecule has 3 N–H and O–H groups in total. The molecule has 106 valence electrons. The minimum absolute atomic E-state index is 0.118. The van der Waals surface area contributed by atoms with Crippen LogP contribution in [0.4, 0.5) is 5.69 Å². The lowest BCUT2D eigenvalue weighted by Gasteiger charge is -2.35. The maximum atomic E-state index is 9.81. The van der Waals surface area contributed by atoms with Gasteiger partial charge in [-0.3, -0.25) is 9.98 Å². The number of nitrogens with zero attached hydrogens (tertiary/aromatic N) is 2. The van der Waals surface area contributed by atoms with Crippen LogP contribution < -0.4 is 5.73 Å². The highest BCUT2D eigenvalue weighted by Gasteiger charge is 2.35. The van der Waals surface area contributed by atoms with E-state index in [-0.39, 0.29) is 11.2 Å². The summed E-state index contributed by atoms with van der Waals surface area (Å²) in [5.41, 5.74) is 11.0. The number of phenolic OH excluding ortho intramolecular Hbond substituents is 1. The Kier molecular flexibility index (Phi) is 3.42. The van der Waals surface area contributed by atoms with Crippen LogP contribution in [0.25, 0.3) is 5.70 Å². The van der Waals surface area contributed by atoms with E-state index in [0.29, 0.717) is 5.69 Å². The van der Waals surface area contributed by atoms with Crippen molar-refractivity contribution >= 4 is 23.8 Å². The molecule has 4 nitrogen and oxygen atoms in total. The number of aromatic hydroxyl groups is 1. The third-order valence-corrected chi connectivity index (χ3v) is 3.98. The number of nitrogens with two attached hydrogens (primary N) is 1. The fraction of sp³-hybridized carbons (Fsp3) is 0.375. The molecule has 0 amide bonds. The molecule has 0 bridgehead atoms. The van der Waals surface area contributed by atoms with E-state index in [0.717, 1.165) is 34.5 Å². The van der Waals surface area contributed by atoms with Gasteiger partial charge in [-0.2, -0.15) is 0 Å². The third kappa shape index (κ3) is 2.01. The average Bonchev–Trinajstić information content (AvgIpc) is 2.40. The summed E-state index contributed by atoms with van der Waals surface area (Å²) in [5.74, 6) is 0.118. The second kappa shape index (κ2) is 4.78. The Balaban J connectivity index is 2.85. The number of fused-ring (bicyclic) bond motifs is 1. The van der Waals surface area contributed by atoms with Gasteiger partial charge in [0.25, 0.3) is 0 Å². The number of rotatable bonds is 2. The quantitative estimate of drug-likeness (QED) is 0.493. The number of aliphatic imine (C=N–C) groups is 2. The molecule has 0 saturated heterocycles. The predicted molar refractivity (Wildman–Crippen MR) is 85.5 cm³/mol. The van der Waals surface area contributed by atoms with E-state index in [9.17, 15) is 5.11 Å². The molecule has 0 aliphatic heterocycles. The number of allylic oxidation sites excluding steroid dienone is 1. The van der Waals surface area contributed by atoms with Gasteiger partial charge in [0.2, 0.25) is 0 Å². The van der Waals surface area contributed by atoms with E-state index in [1.165, 1.54) is 0 Å². The normalized spacial score (nSPS) is 17.9. The molecule has 0 unspecified atom stereocenters. The summed E-state index contributed by atoms with van der Waals surface area (Å²) >= 11 is 0. The molecule has 1 aliphatic rings. The van der Waals surface area contributed by atoms with E-state index >= 15 is 0 Å². The van der Waals surface area contributed by atoms with Gasteiger partial charge in [-0.05, 0) is 43.2 Å². The molecule has 4 heteroatoms. The van der Waals surface area contributed by atoms with Crippen molar-refractivity contribution < 1.29 is 5.11 Å². The summed E-state index contributed by atoms with van der Waals surface area (Å²) in [6.07, 6.45) is 0.740. The fourth-order valence-corrected chi connectivity index (χ4v) is 2.99. The molecule has 0 radical (unpaired) electrons. The van der Waals surface area contributed by atoms with Crippen molar-refractivity contribution in [2.75, 3.05) is 12.8 Å².